The highest BCUT2D eigenvalue weighted by Crippen LogP contribution is 2.32. The van der Waals surface area contributed by atoms with Gasteiger partial charge >= 0.3 is 0 Å². The van der Waals surface area contributed by atoms with E-state index in [0.29, 0.717) is 11.3 Å². The third-order valence-corrected chi connectivity index (χ3v) is 3.83. The molecule has 1 N–H and O–H groups in total. The number of aromatic nitrogens is 1. The van der Waals surface area contributed by atoms with Crippen molar-refractivity contribution >= 4 is 5.78 Å². The third-order valence-electron chi connectivity index (χ3n) is 3.83. The van der Waals surface area contributed by atoms with Crippen molar-refractivity contribution in [2.24, 2.45) is 0 Å². The van der Waals surface area contributed by atoms with Crippen molar-refractivity contribution in [3.05, 3.63) is 72.1 Å². The van der Waals surface area contributed by atoms with Gasteiger partial charge in [-0.05, 0) is 31.5 Å². The molecule has 0 aliphatic rings. The average Bonchev–Trinajstić information content (AvgIpc) is 2.86. The molecule has 3 aromatic rings. The second kappa shape index (κ2) is 5.53. The molecule has 3 nitrogen and oxygen atoms in total. The molecule has 2 aromatic carbocycles. The highest BCUT2D eigenvalue weighted by atomic mass is 16.3. The number of hydrogen-bond acceptors (Lipinski definition) is 2. The zero-order valence-corrected chi connectivity index (χ0v) is 12.6. The zero-order valence-electron chi connectivity index (χ0n) is 12.6. The van der Waals surface area contributed by atoms with Crippen LogP contribution in [0.15, 0.2) is 60.8 Å². The summed E-state index contributed by atoms with van der Waals surface area (Å²) in [7, 11) is 0. The summed E-state index contributed by atoms with van der Waals surface area (Å²) in [6.45, 7) is 3.47. The molecule has 0 saturated heterocycles. The van der Waals surface area contributed by atoms with Crippen molar-refractivity contribution < 1.29 is 9.90 Å². The quantitative estimate of drug-likeness (QED) is 0.728. The number of hydrogen-bond donors (Lipinski definition) is 1. The molecule has 0 aliphatic heterocycles. The fourth-order valence-corrected chi connectivity index (χ4v) is 2.80. The Morgan fingerprint density at radius 3 is 2.27 bits per heavy atom. The monoisotopic (exact) mass is 291 g/mol. The van der Waals surface area contributed by atoms with Gasteiger partial charge in [0.1, 0.15) is 5.75 Å². The Morgan fingerprint density at radius 1 is 1.00 bits per heavy atom. The van der Waals surface area contributed by atoms with E-state index in [1.165, 1.54) is 0 Å². The normalized spacial score (nSPS) is 10.6. The van der Waals surface area contributed by atoms with Crippen LogP contribution in [0.25, 0.3) is 16.8 Å². The average molecular weight is 291 g/mol. The van der Waals surface area contributed by atoms with E-state index in [2.05, 4.69) is 0 Å². The Hall–Kier alpha value is -2.81. The van der Waals surface area contributed by atoms with E-state index in [1.54, 1.807) is 19.1 Å². The van der Waals surface area contributed by atoms with E-state index in [1.807, 2.05) is 60.2 Å². The Kier molecular flexibility index (Phi) is 3.55. The van der Waals surface area contributed by atoms with Gasteiger partial charge in [0.2, 0.25) is 0 Å². The first kappa shape index (κ1) is 14.1. The second-order valence-electron chi connectivity index (χ2n) is 5.28. The smallest absolute Gasteiger partial charge is 0.162 e. The number of ketones is 1. The minimum atomic E-state index is 0.0190. The minimum Gasteiger partial charge on any atom is -0.506 e. The van der Waals surface area contributed by atoms with Gasteiger partial charge in [-0.25, -0.2) is 0 Å². The molecule has 0 saturated carbocycles. The summed E-state index contributed by atoms with van der Waals surface area (Å²) in [6.07, 6.45) is 1.91. The van der Waals surface area contributed by atoms with Gasteiger partial charge in [-0.3, -0.25) is 4.79 Å². The lowest BCUT2D eigenvalue weighted by Gasteiger charge is -2.08. The molecule has 0 spiro atoms. The minimum absolute atomic E-state index is 0.0190. The van der Waals surface area contributed by atoms with E-state index in [0.717, 1.165) is 16.8 Å². The summed E-state index contributed by atoms with van der Waals surface area (Å²) in [5.41, 5.74) is 4.06. The number of para-hydroxylation sites is 2. The molecule has 0 atom stereocenters. The Labute approximate surface area is 129 Å². The standard InChI is InChI=1S/C19H17NO2/c1-13-19(14(2)21)16(15-8-4-3-5-9-15)12-20(13)17-10-6-7-11-18(17)22/h3-12,22H,1-2H3. The maximum absolute atomic E-state index is 12.1. The van der Waals surface area contributed by atoms with Crippen LogP contribution in [0, 0.1) is 6.92 Å². The van der Waals surface area contributed by atoms with Crippen LogP contribution in [0.2, 0.25) is 0 Å². The number of phenolic OH excluding ortho intramolecular Hbond substituents is 1. The predicted octanol–water partition coefficient (Wildman–Crippen LogP) is 4.36. The lowest BCUT2D eigenvalue weighted by molar-refractivity contribution is 0.101. The highest BCUT2D eigenvalue weighted by molar-refractivity contribution is 6.02. The molecule has 0 amide bonds. The molecular weight excluding hydrogens is 274 g/mol. The number of phenols is 1. The molecule has 110 valence electrons. The Balaban J connectivity index is 2.27. The van der Waals surface area contributed by atoms with E-state index in [4.69, 9.17) is 0 Å². The molecule has 22 heavy (non-hydrogen) atoms. The van der Waals surface area contributed by atoms with Gasteiger partial charge in [-0.15, -0.1) is 0 Å². The van der Waals surface area contributed by atoms with Gasteiger partial charge in [0.05, 0.1) is 5.69 Å². The molecule has 1 aromatic heterocycles. The van der Waals surface area contributed by atoms with Crippen molar-refractivity contribution in [1.82, 2.24) is 4.57 Å². The predicted molar refractivity (Wildman–Crippen MR) is 87.6 cm³/mol. The van der Waals surface area contributed by atoms with Gasteiger partial charge in [-0.1, -0.05) is 42.5 Å². The fraction of sp³-hybridized carbons (Fsp3) is 0.105. The second-order valence-corrected chi connectivity index (χ2v) is 5.28. The van der Waals surface area contributed by atoms with Gasteiger partial charge in [0.15, 0.2) is 5.78 Å². The Bertz CT molecular complexity index is 832. The maximum atomic E-state index is 12.1. The summed E-state index contributed by atoms with van der Waals surface area (Å²) < 4.78 is 1.87. The maximum Gasteiger partial charge on any atom is 0.162 e. The van der Waals surface area contributed by atoms with Crippen LogP contribution in [-0.4, -0.2) is 15.5 Å². The van der Waals surface area contributed by atoms with Gasteiger partial charge in [0.25, 0.3) is 0 Å². The summed E-state index contributed by atoms with van der Waals surface area (Å²) in [5.74, 6) is 0.209. The molecule has 0 aliphatic carbocycles. The van der Waals surface area contributed by atoms with Crippen LogP contribution in [0.5, 0.6) is 5.75 Å². The largest absolute Gasteiger partial charge is 0.506 e. The molecule has 0 fully saturated rings. The number of carbonyl (C=O) groups is 1. The van der Waals surface area contributed by atoms with Crippen molar-refractivity contribution in [2.75, 3.05) is 0 Å². The van der Waals surface area contributed by atoms with Crippen LogP contribution < -0.4 is 0 Å². The van der Waals surface area contributed by atoms with E-state index < -0.39 is 0 Å². The SMILES string of the molecule is CC(=O)c1c(-c2ccccc2)cn(-c2ccccc2O)c1C. The lowest BCUT2D eigenvalue weighted by Crippen LogP contribution is -2.00. The van der Waals surface area contributed by atoms with Gasteiger partial charge in [-0.2, -0.15) is 0 Å². The molecular formula is C19H17NO2. The first-order valence-corrected chi connectivity index (χ1v) is 7.16. The fourth-order valence-electron chi connectivity index (χ4n) is 2.80. The summed E-state index contributed by atoms with van der Waals surface area (Å²) >= 11 is 0. The third kappa shape index (κ3) is 2.31. The van der Waals surface area contributed by atoms with E-state index in [-0.39, 0.29) is 11.5 Å². The van der Waals surface area contributed by atoms with Crippen LogP contribution >= 0.6 is 0 Å². The van der Waals surface area contributed by atoms with Crippen LogP contribution in [0.1, 0.15) is 23.0 Å². The molecule has 1 heterocycles. The number of aromatic hydroxyl groups is 1. The Morgan fingerprint density at radius 2 is 1.64 bits per heavy atom. The van der Waals surface area contributed by atoms with Crippen LogP contribution in [0.3, 0.4) is 0 Å². The van der Waals surface area contributed by atoms with E-state index >= 15 is 0 Å². The van der Waals surface area contributed by atoms with Gasteiger partial charge in [0, 0.05) is 23.0 Å². The van der Waals surface area contributed by atoms with Gasteiger partial charge < -0.3 is 9.67 Å². The highest BCUT2D eigenvalue weighted by Gasteiger charge is 2.19. The lowest BCUT2D eigenvalue weighted by atomic mass is 10.0. The molecule has 0 radical (unpaired) electrons. The summed E-state index contributed by atoms with van der Waals surface area (Å²) in [6, 6.07) is 16.9. The first-order chi connectivity index (χ1) is 10.6. The summed E-state index contributed by atoms with van der Waals surface area (Å²) in [4.78, 5) is 12.1. The number of nitrogens with zero attached hydrogens (tertiary/aromatic N) is 1. The van der Waals surface area contributed by atoms with Crippen molar-refractivity contribution in [3.8, 4) is 22.6 Å². The topological polar surface area (TPSA) is 42.2 Å². The summed E-state index contributed by atoms with van der Waals surface area (Å²) in [5, 5.41) is 10.1. The molecule has 0 bridgehead atoms. The van der Waals surface area contributed by atoms with Crippen LogP contribution in [-0.2, 0) is 0 Å². The van der Waals surface area contributed by atoms with Crippen molar-refractivity contribution in [2.45, 2.75) is 13.8 Å². The van der Waals surface area contributed by atoms with Crippen molar-refractivity contribution in [1.29, 1.82) is 0 Å². The number of carbonyl (C=O) groups excluding carboxylic acids is 1. The molecule has 3 rings (SSSR count). The number of Topliss-reactive ketones (excluding diaryl/α,β-unsaturated/α-hetero) is 1. The van der Waals surface area contributed by atoms with Crippen LogP contribution in [0.4, 0.5) is 0 Å². The number of rotatable bonds is 3. The van der Waals surface area contributed by atoms with Crippen molar-refractivity contribution in [3.63, 3.8) is 0 Å². The zero-order chi connectivity index (χ0) is 15.7. The number of benzene rings is 2. The molecule has 0 unspecified atom stereocenters. The first-order valence-electron chi connectivity index (χ1n) is 7.16. The van der Waals surface area contributed by atoms with E-state index in [9.17, 15) is 9.90 Å². The molecule has 3 heteroatoms.